The van der Waals surface area contributed by atoms with Gasteiger partial charge < -0.3 is 26.3 Å². The van der Waals surface area contributed by atoms with Crippen molar-refractivity contribution in [3.8, 4) is 0 Å². The SMILES string of the molecule is CNC(=O)NCC(=O)NC1CC(NC(=O)c2cc3ccc(C)cc3[nH]2)C1. The van der Waals surface area contributed by atoms with Gasteiger partial charge in [-0.3, -0.25) is 9.59 Å². The second kappa shape index (κ2) is 7.47. The summed E-state index contributed by atoms with van der Waals surface area (Å²) >= 11 is 0. The first-order valence-corrected chi connectivity index (χ1v) is 8.60. The van der Waals surface area contributed by atoms with Crippen LogP contribution in [0.3, 0.4) is 0 Å². The first-order chi connectivity index (χ1) is 12.4. The number of rotatable bonds is 5. The van der Waals surface area contributed by atoms with E-state index in [0.717, 1.165) is 16.5 Å². The molecule has 0 saturated heterocycles. The number of H-pyrrole nitrogens is 1. The van der Waals surface area contributed by atoms with Gasteiger partial charge in [-0.1, -0.05) is 12.1 Å². The van der Waals surface area contributed by atoms with Crippen LogP contribution in [-0.4, -0.2) is 48.5 Å². The van der Waals surface area contributed by atoms with E-state index >= 15 is 0 Å². The number of aryl methyl sites for hydroxylation is 1. The quantitative estimate of drug-likeness (QED) is 0.545. The summed E-state index contributed by atoms with van der Waals surface area (Å²) in [6.07, 6.45) is 1.35. The Labute approximate surface area is 151 Å². The lowest BCUT2D eigenvalue weighted by Gasteiger charge is -2.36. The highest BCUT2D eigenvalue weighted by atomic mass is 16.2. The molecule has 4 amide bonds. The van der Waals surface area contributed by atoms with Crippen LogP contribution in [0.4, 0.5) is 4.79 Å². The average Bonchev–Trinajstić information content (AvgIpc) is 3.00. The number of nitrogens with one attached hydrogen (secondary N) is 5. The van der Waals surface area contributed by atoms with Crippen LogP contribution in [0.5, 0.6) is 0 Å². The second-order valence-corrected chi connectivity index (χ2v) is 6.61. The van der Waals surface area contributed by atoms with Crippen LogP contribution in [0.15, 0.2) is 24.3 Å². The molecule has 1 aromatic heterocycles. The minimum Gasteiger partial charge on any atom is -0.352 e. The lowest BCUT2D eigenvalue weighted by atomic mass is 9.86. The molecular weight excluding hydrogens is 334 g/mol. The molecule has 5 N–H and O–H groups in total. The predicted octanol–water partition coefficient (Wildman–Crippen LogP) is 0.782. The monoisotopic (exact) mass is 357 g/mol. The van der Waals surface area contributed by atoms with Crippen LogP contribution < -0.4 is 21.3 Å². The largest absolute Gasteiger partial charge is 0.352 e. The van der Waals surface area contributed by atoms with Gasteiger partial charge in [-0.15, -0.1) is 0 Å². The molecule has 0 radical (unpaired) electrons. The lowest BCUT2D eigenvalue weighted by Crippen LogP contribution is -2.55. The van der Waals surface area contributed by atoms with E-state index in [0.29, 0.717) is 18.5 Å². The van der Waals surface area contributed by atoms with Crippen LogP contribution in [0.2, 0.25) is 0 Å². The zero-order valence-corrected chi connectivity index (χ0v) is 14.8. The van der Waals surface area contributed by atoms with Crippen molar-refractivity contribution in [1.82, 2.24) is 26.3 Å². The van der Waals surface area contributed by atoms with Gasteiger partial charge >= 0.3 is 6.03 Å². The van der Waals surface area contributed by atoms with E-state index in [1.165, 1.54) is 7.05 Å². The second-order valence-electron chi connectivity index (χ2n) is 6.61. The molecule has 1 saturated carbocycles. The maximum atomic E-state index is 12.4. The predicted molar refractivity (Wildman–Crippen MR) is 97.9 cm³/mol. The number of fused-ring (bicyclic) bond motifs is 1. The molecule has 1 fully saturated rings. The fourth-order valence-electron chi connectivity index (χ4n) is 3.01. The molecule has 26 heavy (non-hydrogen) atoms. The minimum absolute atomic E-state index is 0.0182. The number of urea groups is 1. The first-order valence-electron chi connectivity index (χ1n) is 8.60. The fourth-order valence-corrected chi connectivity index (χ4v) is 3.01. The number of carbonyl (C=O) groups excluding carboxylic acids is 3. The first kappa shape index (κ1) is 17.8. The maximum Gasteiger partial charge on any atom is 0.314 e. The molecule has 0 atom stereocenters. The van der Waals surface area contributed by atoms with Gasteiger partial charge in [-0.2, -0.15) is 0 Å². The van der Waals surface area contributed by atoms with E-state index in [1.807, 2.05) is 31.2 Å². The van der Waals surface area contributed by atoms with Gasteiger partial charge in [-0.25, -0.2) is 4.79 Å². The van der Waals surface area contributed by atoms with E-state index in [1.54, 1.807) is 0 Å². The zero-order valence-electron chi connectivity index (χ0n) is 14.8. The van der Waals surface area contributed by atoms with E-state index in [9.17, 15) is 14.4 Å². The third-order valence-corrected chi connectivity index (χ3v) is 4.50. The molecule has 1 aliphatic rings. The summed E-state index contributed by atoms with van der Waals surface area (Å²) < 4.78 is 0. The number of aromatic nitrogens is 1. The number of amides is 4. The van der Waals surface area contributed by atoms with Crippen LogP contribution in [0.25, 0.3) is 10.9 Å². The molecule has 0 aliphatic heterocycles. The molecular formula is C18H23N5O3. The smallest absolute Gasteiger partial charge is 0.314 e. The highest BCUT2D eigenvalue weighted by molar-refractivity contribution is 5.98. The molecule has 8 nitrogen and oxygen atoms in total. The van der Waals surface area contributed by atoms with Crippen LogP contribution in [0, 0.1) is 6.92 Å². The Kier molecular flexibility index (Phi) is 5.11. The zero-order chi connectivity index (χ0) is 18.7. The summed E-state index contributed by atoms with van der Waals surface area (Å²) in [5, 5.41) is 11.6. The number of hydrogen-bond acceptors (Lipinski definition) is 3. The van der Waals surface area contributed by atoms with Crippen molar-refractivity contribution < 1.29 is 14.4 Å². The van der Waals surface area contributed by atoms with Gasteiger partial charge in [0.1, 0.15) is 5.69 Å². The van der Waals surface area contributed by atoms with Crippen molar-refractivity contribution in [2.75, 3.05) is 13.6 Å². The van der Waals surface area contributed by atoms with Crippen molar-refractivity contribution in [3.63, 3.8) is 0 Å². The Balaban J connectivity index is 1.44. The third kappa shape index (κ3) is 4.14. The summed E-state index contributed by atoms with van der Waals surface area (Å²) in [5.74, 6) is -0.385. The highest BCUT2D eigenvalue weighted by Gasteiger charge is 2.31. The van der Waals surface area contributed by atoms with Gasteiger partial charge in [0.05, 0.1) is 6.54 Å². The van der Waals surface area contributed by atoms with Crippen LogP contribution in [0.1, 0.15) is 28.9 Å². The van der Waals surface area contributed by atoms with E-state index in [4.69, 9.17) is 0 Å². The van der Waals surface area contributed by atoms with Gasteiger partial charge in [0.25, 0.3) is 5.91 Å². The molecule has 138 valence electrons. The molecule has 3 rings (SSSR count). The molecule has 0 unspecified atom stereocenters. The average molecular weight is 357 g/mol. The van der Waals surface area contributed by atoms with Gasteiger partial charge in [0, 0.05) is 30.0 Å². The Bertz CT molecular complexity index is 838. The fraction of sp³-hybridized carbons (Fsp3) is 0.389. The Morgan fingerprint density at radius 1 is 1.12 bits per heavy atom. The highest BCUT2D eigenvalue weighted by Crippen LogP contribution is 2.21. The Hall–Kier alpha value is -3.03. The van der Waals surface area contributed by atoms with Crippen molar-refractivity contribution in [1.29, 1.82) is 0 Å². The van der Waals surface area contributed by atoms with E-state index in [2.05, 4.69) is 26.3 Å². The number of aromatic amines is 1. The molecule has 2 aromatic rings. The normalized spacial score (nSPS) is 18.7. The molecule has 1 aromatic carbocycles. The summed E-state index contributed by atoms with van der Waals surface area (Å²) in [5.41, 5.74) is 2.61. The van der Waals surface area contributed by atoms with Gasteiger partial charge in [0.15, 0.2) is 0 Å². The topological polar surface area (TPSA) is 115 Å². The number of carbonyl (C=O) groups is 3. The van der Waals surface area contributed by atoms with Crippen molar-refractivity contribution >= 4 is 28.7 Å². The lowest BCUT2D eigenvalue weighted by molar-refractivity contribution is -0.121. The summed E-state index contributed by atoms with van der Waals surface area (Å²) in [7, 11) is 1.49. The van der Waals surface area contributed by atoms with E-state index in [-0.39, 0.29) is 30.4 Å². The van der Waals surface area contributed by atoms with Crippen LogP contribution >= 0.6 is 0 Å². The summed E-state index contributed by atoms with van der Waals surface area (Å²) in [6, 6.07) is 7.50. The summed E-state index contributed by atoms with van der Waals surface area (Å²) in [4.78, 5) is 38.2. The molecule has 1 heterocycles. The molecule has 8 heteroatoms. The van der Waals surface area contributed by atoms with Crippen molar-refractivity contribution in [2.24, 2.45) is 0 Å². The van der Waals surface area contributed by atoms with Gasteiger partial charge in [0.2, 0.25) is 5.91 Å². The van der Waals surface area contributed by atoms with E-state index < -0.39 is 6.03 Å². The summed E-state index contributed by atoms with van der Waals surface area (Å²) in [6.45, 7) is 1.94. The molecule has 1 aliphatic carbocycles. The third-order valence-electron chi connectivity index (χ3n) is 4.50. The molecule has 0 spiro atoms. The maximum absolute atomic E-state index is 12.4. The minimum atomic E-state index is -0.396. The Morgan fingerprint density at radius 3 is 2.58 bits per heavy atom. The van der Waals surface area contributed by atoms with Crippen molar-refractivity contribution in [3.05, 3.63) is 35.5 Å². The number of benzene rings is 1. The standard InChI is InChI=1S/C18H23N5O3/c1-10-3-4-11-6-15(23-14(11)5-10)17(25)22-13-7-12(8-13)21-16(24)9-20-18(26)19-2/h3-6,12-13,23H,7-9H2,1-2H3,(H,21,24)(H,22,25)(H2,19,20,26). The van der Waals surface area contributed by atoms with Crippen molar-refractivity contribution in [2.45, 2.75) is 31.8 Å². The molecule has 0 bridgehead atoms. The van der Waals surface area contributed by atoms with Gasteiger partial charge in [-0.05, 0) is 37.5 Å². The van der Waals surface area contributed by atoms with Crippen LogP contribution in [-0.2, 0) is 4.79 Å². The Morgan fingerprint density at radius 2 is 1.85 bits per heavy atom. The number of hydrogen-bond donors (Lipinski definition) is 5.